The van der Waals surface area contributed by atoms with Crippen LogP contribution in [0, 0.1) is 11.6 Å². The summed E-state index contributed by atoms with van der Waals surface area (Å²) in [6.45, 7) is 3.93. The molecule has 5 nitrogen and oxygen atoms in total. The first-order valence-electron chi connectivity index (χ1n) is 8.28. The molecule has 1 amide bonds. The van der Waals surface area contributed by atoms with Crippen LogP contribution in [0.3, 0.4) is 0 Å². The van der Waals surface area contributed by atoms with Gasteiger partial charge in [0.05, 0.1) is 17.4 Å². The van der Waals surface area contributed by atoms with Crippen molar-refractivity contribution in [1.29, 1.82) is 0 Å². The van der Waals surface area contributed by atoms with Gasteiger partial charge in [-0.15, -0.1) is 0 Å². The van der Waals surface area contributed by atoms with Gasteiger partial charge in [-0.25, -0.2) is 13.8 Å². The lowest BCUT2D eigenvalue weighted by Crippen LogP contribution is -2.16. The zero-order chi connectivity index (χ0) is 19.7. The second kappa shape index (κ2) is 7.03. The van der Waals surface area contributed by atoms with Crippen molar-refractivity contribution in [1.82, 2.24) is 9.97 Å². The van der Waals surface area contributed by atoms with Crippen LogP contribution in [0.25, 0.3) is 11.3 Å². The van der Waals surface area contributed by atoms with E-state index < -0.39 is 17.5 Å². The highest BCUT2D eigenvalue weighted by Crippen LogP contribution is 2.42. The predicted octanol–water partition coefficient (Wildman–Crippen LogP) is 4.45. The summed E-state index contributed by atoms with van der Waals surface area (Å²) in [4.78, 5) is 20.2. The van der Waals surface area contributed by atoms with Crippen LogP contribution in [-0.2, 0) is 0 Å². The second-order valence-electron chi connectivity index (χ2n) is 5.96. The Morgan fingerprint density at radius 2 is 1.82 bits per heavy atom. The Bertz CT molecular complexity index is 1110. The smallest absolute Gasteiger partial charge is 0.275 e. The number of allylic oxidation sites excluding steroid dienone is 2. The maximum atomic E-state index is 14.2. The zero-order valence-corrected chi connectivity index (χ0v) is 14.4. The average molecular weight is 377 g/mol. The number of benzene rings is 2. The van der Waals surface area contributed by atoms with E-state index in [1.54, 1.807) is 18.2 Å². The van der Waals surface area contributed by atoms with Crippen molar-refractivity contribution in [2.75, 3.05) is 5.32 Å². The number of para-hydroxylation sites is 1. The molecule has 0 aliphatic carbocycles. The van der Waals surface area contributed by atoms with E-state index in [-0.39, 0.29) is 22.8 Å². The van der Waals surface area contributed by atoms with Gasteiger partial charge in [0.25, 0.3) is 5.91 Å². The summed E-state index contributed by atoms with van der Waals surface area (Å²) in [5.41, 5.74) is 1.22. The predicted molar refractivity (Wildman–Crippen MR) is 100 cm³/mol. The fraction of sp³-hybridized carbons (Fsp3) is 0. The highest BCUT2D eigenvalue weighted by Gasteiger charge is 2.25. The van der Waals surface area contributed by atoms with Crippen LogP contribution in [0.1, 0.15) is 21.6 Å². The zero-order valence-electron chi connectivity index (χ0n) is 14.4. The van der Waals surface area contributed by atoms with Gasteiger partial charge in [-0.1, -0.05) is 24.8 Å². The maximum Gasteiger partial charge on any atom is 0.275 e. The highest BCUT2D eigenvalue weighted by molar-refractivity contribution is 6.04. The number of nitrogens with zero attached hydrogens (tertiary/aromatic N) is 2. The number of amides is 1. The summed E-state index contributed by atoms with van der Waals surface area (Å²) in [6.07, 6.45) is 5.63. The minimum absolute atomic E-state index is 0.0331. The molecule has 0 unspecified atom stereocenters. The van der Waals surface area contributed by atoms with Gasteiger partial charge in [0, 0.05) is 18.0 Å². The lowest BCUT2D eigenvalue weighted by atomic mass is 9.99. The Morgan fingerprint density at radius 3 is 2.54 bits per heavy atom. The van der Waals surface area contributed by atoms with E-state index in [0.717, 1.165) is 12.1 Å². The van der Waals surface area contributed by atoms with Crippen molar-refractivity contribution in [3.63, 3.8) is 0 Å². The Hall–Kier alpha value is -3.87. The molecule has 2 aromatic carbocycles. The lowest BCUT2D eigenvalue weighted by molar-refractivity contribution is 0.102. The molecule has 2 heterocycles. The second-order valence-corrected chi connectivity index (χ2v) is 5.96. The van der Waals surface area contributed by atoms with Crippen LogP contribution < -0.4 is 10.1 Å². The number of rotatable bonds is 3. The van der Waals surface area contributed by atoms with Gasteiger partial charge in [0.15, 0.2) is 5.75 Å². The molecule has 0 atom stereocenters. The first kappa shape index (κ1) is 17.5. The number of aromatic nitrogens is 2. The van der Waals surface area contributed by atoms with E-state index in [2.05, 4.69) is 21.9 Å². The van der Waals surface area contributed by atoms with Gasteiger partial charge in [-0.3, -0.25) is 9.78 Å². The van der Waals surface area contributed by atoms with Crippen LogP contribution >= 0.6 is 0 Å². The molecule has 0 saturated carbocycles. The molecule has 7 heteroatoms. The number of anilines is 1. The number of hydrogen-bond donors (Lipinski definition) is 1. The van der Waals surface area contributed by atoms with E-state index in [4.69, 9.17) is 4.74 Å². The molecule has 138 valence electrons. The molecule has 1 N–H and O–H groups in total. The van der Waals surface area contributed by atoms with E-state index in [0.29, 0.717) is 16.8 Å². The summed E-state index contributed by atoms with van der Waals surface area (Å²) >= 11 is 0. The first-order valence-corrected chi connectivity index (χ1v) is 8.28. The van der Waals surface area contributed by atoms with Crippen LogP contribution in [0.4, 0.5) is 14.5 Å². The molecule has 0 radical (unpaired) electrons. The van der Waals surface area contributed by atoms with Gasteiger partial charge in [-0.05, 0) is 29.8 Å². The summed E-state index contributed by atoms with van der Waals surface area (Å²) < 4.78 is 34.2. The standard InChI is InChI=1S/C21H13F2N3O2/c1-12-10-18(19-14(22)5-3-6-15(19)23)28-20-13(12)4-2-7-16(20)26-21(27)17-11-24-8-9-25-17/h2-11H,1H2,(H,26,27). The molecular formula is C21H13F2N3O2. The quantitative estimate of drug-likeness (QED) is 0.732. The Balaban J connectivity index is 1.72. The summed E-state index contributed by atoms with van der Waals surface area (Å²) in [5, 5.41) is 2.69. The van der Waals surface area contributed by atoms with Gasteiger partial charge < -0.3 is 10.1 Å². The SMILES string of the molecule is C=C1C=C(c2c(F)cccc2F)Oc2c(NC(=O)c3cnccn3)cccc21. The number of ether oxygens (including phenoxy) is 1. The lowest BCUT2D eigenvalue weighted by Gasteiger charge is -2.23. The third-order valence-corrected chi connectivity index (χ3v) is 4.13. The third kappa shape index (κ3) is 3.14. The molecule has 1 aliphatic rings. The molecule has 1 aliphatic heterocycles. The van der Waals surface area contributed by atoms with Crippen LogP contribution in [0.15, 0.2) is 67.6 Å². The van der Waals surface area contributed by atoms with Crippen molar-refractivity contribution in [2.45, 2.75) is 0 Å². The third-order valence-electron chi connectivity index (χ3n) is 4.13. The van der Waals surface area contributed by atoms with Gasteiger partial charge >= 0.3 is 0 Å². The van der Waals surface area contributed by atoms with E-state index in [9.17, 15) is 13.6 Å². The normalized spacial score (nSPS) is 12.6. The van der Waals surface area contributed by atoms with Crippen molar-refractivity contribution in [2.24, 2.45) is 0 Å². The molecule has 4 rings (SSSR count). The number of carbonyl (C=O) groups excluding carboxylic acids is 1. The number of nitrogens with one attached hydrogen (secondary N) is 1. The van der Waals surface area contributed by atoms with Crippen molar-refractivity contribution < 1.29 is 18.3 Å². The molecule has 0 bridgehead atoms. The molecular weight excluding hydrogens is 364 g/mol. The van der Waals surface area contributed by atoms with Crippen LogP contribution in [0.2, 0.25) is 0 Å². The minimum Gasteiger partial charge on any atom is -0.454 e. The van der Waals surface area contributed by atoms with E-state index >= 15 is 0 Å². The summed E-state index contributed by atoms with van der Waals surface area (Å²) in [5.74, 6) is -1.81. The summed E-state index contributed by atoms with van der Waals surface area (Å²) in [7, 11) is 0. The van der Waals surface area contributed by atoms with Gasteiger partial charge in [0.1, 0.15) is 23.1 Å². The molecule has 1 aromatic heterocycles. The fourth-order valence-electron chi connectivity index (χ4n) is 2.83. The monoisotopic (exact) mass is 377 g/mol. The maximum absolute atomic E-state index is 14.2. The van der Waals surface area contributed by atoms with Crippen LogP contribution in [-0.4, -0.2) is 15.9 Å². The molecule has 0 saturated heterocycles. The van der Waals surface area contributed by atoms with Gasteiger partial charge in [-0.2, -0.15) is 0 Å². The molecule has 0 spiro atoms. The Morgan fingerprint density at radius 1 is 1.07 bits per heavy atom. The highest BCUT2D eigenvalue weighted by atomic mass is 19.1. The minimum atomic E-state index is -0.761. The topological polar surface area (TPSA) is 64.1 Å². The first-order chi connectivity index (χ1) is 13.5. The molecule has 0 fully saturated rings. The van der Waals surface area contributed by atoms with Crippen molar-refractivity contribution in [3.8, 4) is 5.75 Å². The molecule has 28 heavy (non-hydrogen) atoms. The number of hydrogen-bond acceptors (Lipinski definition) is 4. The fourth-order valence-corrected chi connectivity index (χ4v) is 2.83. The van der Waals surface area contributed by atoms with Crippen molar-refractivity contribution in [3.05, 3.63) is 96.1 Å². The van der Waals surface area contributed by atoms with Crippen LogP contribution in [0.5, 0.6) is 5.75 Å². The van der Waals surface area contributed by atoms with Crippen molar-refractivity contribution >= 4 is 22.9 Å². The average Bonchev–Trinajstić information content (AvgIpc) is 2.69. The van der Waals surface area contributed by atoms with E-state index in [1.165, 1.54) is 30.7 Å². The largest absolute Gasteiger partial charge is 0.454 e. The Labute approximate surface area is 159 Å². The number of halogens is 2. The molecule has 3 aromatic rings. The Kier molecular flexibility index (Phi) is 4.41. The summed E-state index contributed by atoms with van der Waals surface area (Å²) in [6, 6.07) is 8.61. The number of fused-ring (bicyclic) bond motifs is 1. The number of carbonyl (C=O) groups is 1. The van der Waals surface area contributed by atoms with Gasteiger partial charge in [0.2, 0.25) is 0 Å². The van der Waals surface area contributed by atoms with E-state index in [1.807, 2.05) is 0 Å².